The molecule has 4 rings (SSSR count). The molecule has 1 saturated heterocycles. The number of morpholine rings is 1. The third kappa shape index (κ3) is 3.97. The molecular weight excluding hydrogens is 370 g/mol. The van der Waals surface area contributed by atoms with Crippen LogP contribution in [-0.2, 0) is 16.1 Å². The van der Waals surface area contributed by atoms with Gasteiger partial charge in [0.15, 0.2) is 0 Å². The van der Waals surface area contributed by atoms with E-state index < -0.39 is 11.7 Å². The molecule has 1 fully saturated rings. The number of rotatable bonds is 6. The number of carbonyl (C=O) groups is 2. The van der Waals surface area contributed by atoms with Gasteiger partial charge in [0.25, 0.3) is 5.78 Å². The molecule has 0 bridgehead atoms. The number of methoxy groups -OCH3 is 1. The molecule has 0 saturated carbocycles. The van der Waals surface area contributed by atoms with Crippen LogP contribution in [-0.4, -0.2) is 63.7 Å². The highest BCUT2D eigenvalue weighted by Gasteiger charge is 2.36. The molecule has 0 atom stereocenters. The Morgan fingerprint density at radius 1 is 1.07 bits per heavy atom. The highest BCUT2D eigenvalue weighted by atomic mass is 16.5. The van der Waals surface area contributed by atoms with Crippen molar-refractivity contribution in [1.82, 2.24) is 4.90 Å². The Hall–Kier alpha value is -2.90. The molecule has 0 aromatic heterocycles. The zero-order chi connectivity index (χ0) is 20.4. The van der Waals surface area contributed by atoms with Crippen molar-refractivity contribution in [2.75, 3.05) is 56.9 Å². The molecule has 0 aliphatic carbocycles. The van der Waals surface area contributed by atoms with Crippen LogP contribution in [0.2, 0.25) is 0 Å². The second kappa shape index (κ2) is 8.23. The predicted molar refractivity (Wildman–Crippen MR) is 111 cm³/mol. The van der Waals surface area contributed by atoms with E-state index in [1.165, 1.54) is 10.6 Å². The average Bonchev–Trinajstić information content (AvgIpc) is 2.99. The van der Waals surface area contributed by atoms with E-state index in [1.807, 2.05) is 11.9 Å². The van der Waals surface area contributed by atoms with E-state index in [0.717, 1.165) is 31.9 Å². The summed E-state index contributed by atoms with van der Waals surface area (Å²) in [7, 11) is 3.50. The van der Waals surface area contributed by atoms with Gasteiger partial charge < -0.3 is 14.4 Å². The van der Waals surface area contributed by atoms with E-state index in [1.54, 1.807) is 25.3 Å². The summed E-state index contributed by atoms with van der Waals surface area (Å²) in [6, 6.07) is 13.6. The molecule has 0 N–H and O–H groups in total. The summed E-state index contributed by atoms with van der Waals surface area (Å²) in [5, 5.41) is 0. The molecule has 152 valence electrons. The Bertz CT molecular complexity index is 907. The van der Waals surface area contributed by atoms with Crippen molar-refractivity contribution in [3.63, 3.8) is 0 Å². The van der Waals surface area contributed by atoms with Crippen molar-refractivity contribution < 1.29 is 19.1 Å². The first-order chi connectivity index (χ1) is 14.1. The van der Waals surface area contributed by atoms with Gasteiger partial charge in [-0.25, -0.2) is 0 Å². The van der Waals surface area contributed by atoms with E-state index in [2.05, 4.69) is 29.2 Å². The largest absolute Gasteiger partial charge is 0.497 e. The topological polar surface area (TPSA) is 62.3 Å². The van der Waals surface area contributed by atoms with Crippen LogP contribution >= 0.6 is 0 Å². The molecule has 29 heavy (non-hydrogen) atoms. The summed E-state index contributed by atoms with van der Waals surface area (Å²) >= 11 is 0. The van der Waals surface area contributed by atoms with Crippen LogP contribution in [0.25, 0.3) is 0 Å². The van der Waals surface area contributed by atoms with Crippen molar-refractivity contribution in [2.45, 2.75) is 6.54 Å². The van der Waals surface area contributed by atoms with E-state index in [4.69, 9.17) is 9.47 Å². The lowest BCUT2D eigenvalue weighted by Crippen LogP contribution is -2.39. The van der Waals surface area contributed by atoms with Gasteiger partial charge in [0.05, 0.1) is 38.2 Å². The summed E-state index contributed by atoms with van der Waals surface area (Å²) < 4.78 is 10.6. The predicted octanol–water partition coefficient (Wildman–Crippen LogP) is 2.15. The maximum Gasteiger partial charge on any atom is 0.300 e. The fraction of sp³-hybridized carbons (Fsp3) is 0.364. The van der Waals surface area contributed by atoms with Crippen molar-refractivity contribution >= 4 is 23.1 Å². The second-order valence-electron chi connectivity index (χ2n) is 7.37. The van der Waals surface area contributed by atoms with Gasteiger partial charge in [0.2, 0.25) is 0 Å². The first-order valence-corrected chi connectivity index (χ1v) is 9.71. The molecule has 2 aromatic rings. The first kappa shape index (κ1) is 19.4. The molecular formula is C22H25N3O4. The fourth-order valence-electron chi connectivity index (χ4n) is 3.78. The Morgan fingerprint density at radius 3 is 2.48 bits per heavy atom. The lowest BCUT2D eigenvalue weighted by atomic mass is 10.1. The quantitative estimate of drug-likeness (QED) is 0.699. The number of benzene rings is 2. The van der Waals surface area contributed by atoms with E-state index >= 15 is 0 Å². The summed E-state index contributed by atoms with van der Waals surface area (Å²) in [5.41, 5.74) is 3.38. The van der Waals surface area contributed by atoms with E-state index in [0.29, 0.717) is 30.2 Å². The molecule has 2 aromatic carbocycles. The molecule has 0 unspecified atom stereocenters. The summed E-state index contributed by atoms with van der Waals surface area (Å²) in [6.07, 6.45) is 0. The van der Waals surface area contributed by atoms with Gasteiger partial charge in [-0.3, -0.25) is 19.4 Å². The van der Waals surface area contributed by atoms with Crippen LogP contribution in [0.5, 0.6) is 5.75 Å². The number of carbonyl (C=O) groups excluding carboxylic acids is 2. The third-order valence-corrected chi connectivity index (χ3v) is 5.33. The molecule has 1 amide bonds. The number of anilines is 2. The highest BCUT2D eigenvalue weighted by molar-refractivity contribution is 6.52. The van der Waals surface area contributed by atoms with Crippen LogP contribution in [0.3, 0.4) is 0 Å². The van der Waals surface area contributed by atoms with Gasteiger partial charge in [-0.2, -0.15) is 0 Å². The highest BCUT2D eigenvalue weighted by Crippen LogP contribution is 2.32. The van der Waals surface area contributed by atoms with E-state index in [9.17, 15) is 9.59 Å². The number of ketones is 1. The number of hydrogen-bond acceptors (Lipinski definition) is 6. The molecule has 7 heteroatoms. The lowest BCUT2D eigenvalue weighted by molar-refractivity contribution is -0.114. The van der Waals surface area contributed by atoms with Crippen LogP contribution in [0.15, 0.2) is 42.5 Å². The van der Waals surface area contributed by atoms with Crippen LogP contribution in [0.1, 0.15) is 15.9 Å². The maximum atomic E-state index is 12.5. The van der Waals surface area contributed by atoms with Crippen LogP contribution in [0.4, 0.5) is 11.4 Å². The number of nitrogens with zero attached hydrogens (tertiary/aromatic N) is 3. The normalized spacial score (nSPS) is 16.5. The maximum absolute atomic E-state index is 12.5. The van der Waals surface area contributed by atoms with Gasteiger partial charge in [0.1, 0.15) is 5.75 Å². The molecule has 2 heterocycles. The van der Waals surface area contributed by atoms with Crippen molar-refractivity contribution in [3.8, 4) is 5.75 Å². The van der Waals surface area contributed by atoms with Crippen molar-refractivity contribution in [3.05, 3.63) is 53.6 Å². The van der Waals surface area contributed by atoms with Crippen LogP contribution < -0.4 is 14.5 Å². The molecule has 2 aliphatic rings. The minimum absolute atomic E-state index is 0.329. The number of amides is 1. The average molecular weight is 395 g/mol. The monoisotopic (exact) mass is 395 g/mol. The Balaban J connectivity index is 1.43. The summed E-state index contributed by atoms with van der Waals surface area (Å²) in [6.45, 7) is 4.34. The summed E-state index contributed by atoms with van der Waals surface area (Å²) in [4.78, 5) is 30.6. The van der Waals surface area contributed by atoms with Gasteiger partial charge >= 0.3 is 5.91 Å². The zero-order valence-electron chi connectivity index (χ0n) is 16.8. The minimum Gasteiger partial charge on any atom is -0.497 e. The standard InChI is InChI=1S/C22H25N3O4/c1-23(14-16-3-5-17(6-4-16)24-9-11-29-12-10-24)15-25-20-13-18(28-2)7-8-19(20)21(26)22(25)27/h3-8,13H,9-12,14-15H2,1-2H3. The SMILES string of the molecule is COc1ccc2c(c1)N(CN(C)Cc1ccc(N3CCOCC3)cc1)C(=O)C2=O. The Kier molecular flexibility index (Phi) is 5.51. The van der Waals surface area contributed by atoms with E-state index in [-0.39, 0.29) is 0 Å². The minimum atomic E-state index is -0.497. The van der Waals surface area contributed by atoms with Gasteiger partial charge in [-0.1, -0.05) is 12.1 Å². The first-order valence-electron chi connectivity index (χ1n) is 9.71. The second-order valence-corrected chi connectivity index (χ2v) is 7.37. The van der Waals surface area contributed by atoms with Gasteiger partial charge in [-0.15, -0.1) is 0 Å². The number of ether oxygens (including phenoxy) is 2. The molecule has 7 nitrogen and oxygen atoms in total. The van der Waals surface area contributed by atoms with Crippen molar-refractivity contribution in [2.24, 2.45) is 0 Å². The fourth-order valence-corrected chi connectivity index (χ4v) is 3.78. The molecule has 2 aliphatic heterocycles. The summed E-state index contributed by atoms with van der Waals surface area (Å²) in [5.74, 6) is -0.341. The number of hydrogen-bond donors (Lipinski definition) is 0. The van der Waals surface area contributed by atoms with Crippen LogP contribution in [0, 0.1) is 0 Å². The third-order valence-electron chi connectivity index (χ3n) is 5.33. The molecule has 0 spiro atoms. The zero-order valence-corrected chi connectivity index (χ0v) is 16.8. The smallest absolute Gasteiger partial charge is 0.300 e. The molecule has 0 radical (unpaired) electrons. The number of fused-ring (bicyclic) bond motifs is 1. The lowest BCUT2D eigenvalue weighted by Gasteiger charge is -2.29. The van der Waals surface area contributed by atoms with Gasteiger partial charge in [0, 0.05) is 31.4 Å². The Morgan fingerprint density at radius 2 is 1.79 bits per heavy atom. The number of Topliss-reactive ketones (excluding diaryl/α,β-unsaturated/α-hetero) is 1. The van der Waals surface area contributed by atoms with Crippen molar-refractivity contribution in [1.29, 1.82) is 0 Å². The van der Waals surface area contributed by atoms with Gasteiger partial charge in [-0.05, 0) is 36.9 Å². The Labute approximate surface area is 170 Å².